The second kappa shape index (κ2) is 11.0. The number of amides is 2. The summed E-state index contributed by atoms with van der Waals surface area (Å²) < 4.78 is 1.79. The summed E-state index contributed by atoms with van der Waals surface area (Å²) >= 11 is 13.4. The highest BCUT2D eigenvalue weighted by Gasteiger charge is 2.26. The van der Waals surface area contributed by atoms with Crippen molar-refractivity contribution in [2.45, 2.75) is 32.0 Å². The summed E-state index contributed by atoms with van der Waals surface area (Å²) in [5.41, 5.74) is 2.11. The van der Waals surface area contributed by atoms with Crippen LogP contribution in [0.1, 0.15) is 41.6 Å². The Bertz CT molecular complexity index is 1170. The number of halogens is 2. The number of nitrogens with zero attached hydrogens (tertiary/aromatic N) is 3. The molecule has 2 amide bonds. The van der Waals surface area contributed by atoms with Crippen molar-refractivity contribution in [1.29, 1.82) is 0 Å². The largest absolute Gasteiger partial charge is 0.342 e. The minimum Gasteiger partial charge on any atom is -0.342 e. The van der Waals surface area contributed by atoms with Gasteiger partial charge in [-0.1, -0.05) is 67.0 Å². The van der Waals surface area contributed by atoms with Crippen LogP contribution in [-0.2, 0) is 11.8 Å². The smallest absolute Gasteiger partial charge is 0.253 e. The van der Waals surface area contributed by atoms with E-state index in [0.717, 1.165) is 11.3 Å². The number of rotatable bonds is 8. The minimum absolute atomic E-state index is 0.0325. The van der Waals surface area contributed by atoms with E-state index in [-0.39, 0.29) is 28.5 Å². The zero-order chi connectivity index (χ0) is 24.1. The molecule has 0 unspecified atom stereocenters. The summed E-state index contributed by atoms with van der Waals surface area (Å²) in [6.07, 6.45) is 0. The average molecular weight is 506 g/mol. The Labute approximate surface area is 207 Å². The van der Waals surface area contributed by atoms with E-state index in [1.165, 1.54) is 17.8 Å². The van der Waals surface area contributed by atoms with E-state index in [1.807, 2.05) is 52.1 Å². The first kappa shape index (κ1) is 25.1. The average Bonchev–Trinajstić information content (AvgIpc) is 3.11. The van der Waals surface area contributed by atoms with Gasteiger partial charge in [-0.15, -0.1) is 10.2 Å². The van der Waals surface area contributed by atoms with Gasteiger partial charge in [0.1, 0.15) is 0 Å². The van der Waals surface area contributed by atoms with Crippen LogP contribution in [0, 0.1) is 12.8 Å². The molecule has 0 fully saturated rings. The molecule has 0 saturated heterocycles. The molecule has 0 radical (unpaired) electrons. The van der Waals surface area contributed by atoms with Crippen LogP contribution >= 0.6 is 35.0 Å². The topological polar surface area (TPSA) is 88.9 Å². The lowest BCUT2D eigenvalue weighted by atomic mass is 10.0. The number of anilines is 1. The molecule has 2 aromatic carbocycles. The lowest BCUT2D eigenvalue weighted by Gasteiger charge is -2.22. The highest BCUT2D eigenvalue weighted by molar-refractivity contribution is 7.99. The third-order valence-corrected chi connectivity index (χ3v) is 6.60. The van der Waals surface area contributed by atoms with Crippen molar-refractivity contribution in [2.24, 2.45) is 13.0 Å². The number of para-hydroxylation sites is 1. The van der Waals surface area contributed by atoms with Crippen LogP contribution in [0.15, 0.2) is 47.6 Å². The molecule has 33 heavy (non-hydrogen) atoms. The number of benzene rings is 2. The summed E-state index contributed by atoms with van der Waals surface area (Å²) in [6.45, 7) is 5.90. The van der Waals surface area contributed by atoms with E-state index in [0.29, 0.717) is 21.6 Å². The van der Waals surface area contributed by atoms with Crippen molar-refractivity contribution in [3.8, 4) is 0 Å². The van der Waals surface area contributed by atoms with E-state index in [9.17, 15) is 9.59 Å². The number of carbonyl (C=O) groups is 2. The molecule has 1 aromatic heterocycles. The summed E-state index contributed by atoms with van der Waals surface area (Å²) in [5.74, 6) is 0.338. The van der Waals surface area contributed by atoms with Gasteiger partial charge in [0.05, 0.1) is 22.4 Å². The molecule has 174 valence electrons. The van der Waals surface area contributed by atoms with Crippen LogP contribution in [0.3, 0.4) is 0 Å². The van der Waals surface area contributed by atoms with Crippen molar-refractivity contribution in [1.82, 2.24) is 20.1 Å². The molecule has 3 aromatic rings. The van der Waals surface area contributed by atoms with Crippen LogP contribution in [0.25, 0.3) is 0 Å². The quantitative estimate of drug-likeness (QED) is 0.406. The number of hydrogen-bond acceptors (Lipinski definition) is 5. The molecule has 1 heterocycles. The fraction of sp³-hybridized carbons (Fsp3) is 0.304. The lowest BCUT2D eigenvalue weighted by molar-refractivity contribution is -0.113. The second-order valence-electron chi connectivity index (χ2n) is 7.87. The van der Waals surface area contributed by atoms with Crippen LogP contribution in [0.2, 0.25) is 10.0 Å². The number of aryl methyl sites for hydroxylation is 1. The number of nitrogens with one attached hydrogen (secondary N) is 2. The summed E-state index contributed by atoms with van der Waals surface area (Å²) in [6, 6.07) is 11.9. The molecular formula is C23H25Cl2N5O2S. The van der Waals surface area contributed by atoms with Crippen LogP contribution < -0.4 is 10.6 Å². The van der Waals surface area contributed by atoms with Crippen molar-refractivity contribution in [2.75, 3.05) is 11.1 Å². The van der Waals surface area contributed by atoms with Gasteiger partial charge in [0.25, 0.3) is 5.91 Å². The van der Waals surface area contributed by atoms with Gasteiger partial charge in [0.2, 0.25) is 5.91 Å². The zero-order valence-electron chi connectivity index (χ0n) is 18.7. The van der Waals surface area contributed by atoms with E-state index in [4.69, 9.17) is 23.2 Å². The Morgan fingerprint density at radius 3 is 2.52 bits per heavy atom. The third kappa shape index (κ3) is 6.28. The number of hydrogen-bond donors (Lipinski definition) is 2. The van der Waals surface area contributed by atoms with E-state index in [2.05, 4.69) is 20.8 Å². The van der Waals surface area contributed by atoms with Gasteiger partial charge in [0.15, 0.2) is 11.0 Å². The fourth-order valence-electron chi connectivity index (χ4n) is 3.17. The van der Waals surface area contributed by atoms with Crippen molar-refractivity contribution in [3.63, 3.8) is 0 Å². The Kier molecular flexibility index (Phi) is 8.40. The minimum atomic E-state index is -0.406. The standard InChI is InChI=1S/C23H25Cl2N5O2S/c1-13(2)20(27-22(32)16-10-9-15(24)11-17(16)25)21-28-29-23(30(21)4)33-12-19(31)26-18-8-6-5-7-14(18)3/h5-11,13,20H,12H2,1-4H3,(H,26,31)(H,27,32)/t20-/m1/s1. The van der Waals surface area contributed by atoms with Gasteiger partial charge >= 0.3 is 0 Å². The van der Waals surface area contributed by atoms with Gasteiger partial charge in [-0.2, -0.15) is 0 Å². The van der Waals surface area contributed by atoms with Gasteiger partial charge in [-0.05, 0) is 42.7 Å². The maximum atomic E-state index is 12.8. The molecule has 0 spiro atoms. The third-order valence-electron chi connectivity index (χ3n) is 5.03. The van der Waals surface area contributed by atoms with Gasteiger partial charge in [-0.25, -0.2) is 0 Å². The van der Waals surface area contributed by atoms with Crippen molar-refractivity contribution >= 4 is 52.5 Å². The van der Waals surface area contributed by atoms with Gasteiger partial charge < -0.3 is 15.2 Å². The monoisotopic (exact) mass is 505 g/mol. The molecule has 1 atom stereocenters. The predicted molar refractivity (Wildman–Crippen MR) is 133 cm³/mol. The molecule has 0 bridgehead atoms. The van der Waals surface area contributed by atoms with Crippen molar-refractivity contribution in [3.05, 3.63) is 69.5 Å². The SMILES string of the molecule is Cc1ccccc1NC(=O)CSc1nnc([C@H](NC(=O)c2ccc(Cl)cc2Cl)C(C)C)n1C. The van der Waals surface area contributed by atoms with E-state index < -0.39 is 6.04 Å². The highest BCUT2D eigenvalue weighted by Crippen LogP contribution is 2.26. The van der Waals surface area contributed by atoms with Crippen LogP contribution in [0.4, 0.5) is 5.69 Å². The first-order valence-corrected chi connectivity index (χ1v) is 12.0. The zero-order valence-corrected chi connectivity index (χ0v) is 21.1. The molecule has 7 nitrogen and oxygen atoms in total. The Morgan fingerprint density at radius 2 is 1.85 bits per heavy atom. The first-order valence-electron chi connectivity index (χ1n) is 10.3. The van der Waals surface area contributed by atoms with Gasteiger partial charge in [-0.3, -0.25) is 9.59 Å². The summed E-state index contributed by atoms with van der Waals surface area (Å²) in [7, 11) is 1.81. The molecule has 2 N–H and O–H groups in total. The van der Waals surface area contributed by atoms with Crippen LogP contribution in [-0.4, -0.2) is 32.3 Å². The van der Waals surface area contributed by atoms with Crippen LogP contribution in [0.5, 0.6) is 0 Å². The van der Waals surface area contributed by atoms with Crippen molar-refractivity contribution < 1.29 is 9.59 Å². The normalized spacial score (nSPS) is 12.0. The second-order valence-corrected chi connectivity index (χ2v) is 9.66. The molecule has 0 aliphatic heterocycles. The summed E-state index contributed by atoms with van der Waals surface area (Å²) in [5, 5.41) is 15.7. The van der Waals surface area contributed by atoms with E-state index in [1.54, 1.807) is 16.7 Å². The molecule has 0 aliphatic rings. The highest BCUT2D eigenvalue weighted by atomic mass is 35.5. The maximum Gasteiger partial charge on any atom is 0.253 e. The Hall–Kier alpha value is -2.55. The molecule has 3 rings (SSSR count). The Morgan fingerprint density at radius 1 is 1.12 bits per heavy atom. The fourth-order valence-corrected chi connectivity index (χ4v) is 4.39. The molecule has 0 aliphatic carbocycles. The number of aromatic nitrogens is 3. The molecule has 0 saturated carbocycles. The maximum absolute atomic E-state index is 12.8. The lowest BCUT2D eigenvalue weighted by Crippen LogP contribution is -2.33. The van der Waals surface area contributed by atoms with Gasteiger partial charge in [0, 0.05) is 17.8 Å². The summed E-state index contributed by atoms with van der Waals surface area (Å²) in [4.78, 5) is 25.2. The molecule has 10 heteroatoms. The Balaban J connectivity index is 1.69. The predicted octanol–water partition coefficient (Wildman–Crippen LogP) is 5.29. The number of carbonyl (C=O) groups excluding carboxylic acids is 2. The number of thioether (sulfide) groups is 1. The van der Waals surface area contributed by atoms with E-state index >= 15 is 0 Å². The molecular weight excluding hydrogens is 481 g/mol. The first-order chi connectivity index (χ1) is 15.7.